The third-order valence-electron chi connectivity index (χ3n) is 2.56. The van der Waals surface area contributed by atoms with E-state index in [0.717, 1.165) is 25.9 Å². The van der Waals surface area contributed by atoms with Gasteiger partial charge in [-0.2, -0.15) is 0 Å². The van der Waals surface area contributed by atoms with Crippen LogP contribution in [0.3, 0.4) is 0 Å². The minimum atomic E-state index is -3.14. The first-order chi connectivity index (χ1) is 8.29. The lowest BCUT2D eigenvalue weighted by Gasteiger charge is -2.22. The molecule has 110 valence electrons. The third kappa shape index (κ3) is 8.42. The molecule has 0 aromatic carbocycles. The van der Waals surface area contributed by atoms with Crippen molar-refractivity contribution in [1.29, 1.82) is 0 Å². The van der Waals surface area contributed by atoms with Crippen LogP contribution in [0.1, 0.15) is 12.8 Å². The minimum absolute atomic E-state index is 0.00390. The molecule has 0 aliphatic heterocycles. The van der Waals surface area contributed by atoms with Crippen molar-refractivity contribution in [1.82, 2.24) is 14.1 Å². The Morgan fingerprint density at radius 2 is 1.22 bits per heavy atom. The van der Waals surface area contributed by atoms with Crippen molar-refractivity contribution in [2.24, 2.45) is 0 Å². The standard InChI is InChI=1S/C11H26BrN3O2S/c1-13(2)7-5-9-15(18(16,17)11-12)10-6-8-14(3)4/h5-11H2,1-4H3. The van der Waals surface area contributed by atoms with E-state index in [0.29, 0.717) is 13.1 Å². The summed E-state index contributed by atoms with van der Waals surface area (Å²) < 4.78 is 25.4. The molecular formula is C11H26BrN3O2S. The third-order valence-corrected chi connectivity index (χ3v) is 5.72. The lowest BCUT2D eigenvalue weighted by atomic mass is 10.3. The van der Waals surface area contributed by atoms with E-state index in [-0.39, 0.29) is 4.66 Å². The quantitative estimate of drug-likeness (QED) is 0.552. The molecule has 0 bridgehead atoms. The first-order valence-electron chi connectivity index (χ1n) is 6.13. The Kier molecular flexibility index (Phi) is 9.41. The van der Waals surface area contributed by atoms with Crippen molar-refractivity contribution in [2.75, 3.05) is 59.0 Å². The van der Waals surface area contributed by atoms with Crippen molar-refractivity contribution in [3.8, 4) is 0 Å². The molecule has 18 heavy (non-hydrogen) atoms. The largest absolute Gasteiger partial charge is 0.309 e. The number of hydrogen-bond acceptors (Lipinski definition) is 4. The van der Waals surface area contributed by atoms with E-state index in [1.165, 1.54) is 0 Å². The molecule has 0 saturated heterocycles. The maximum atomic E-state index is 11.9. The van der Waals surface area contributed by atoms with Crippen LogP contribution < -0.4 is 0 Å². The van der Waals surface area contributed by atoms with E-state index < -0.39 is 10.0 Å². The zero-order valence-electron chi connectivity index (χ0n) is 11.9. The van der Waals surface area contributed by atoms with Crippen molar-refractivity contribution in [2.45, 2.75) is 12.8 Å². The van der Waals surface area contributed by atoms with E-state index in [1.807, 2.05) is 28.2 Å². The number of halogens is 1. The fourth-order valence-corrected chi connectivity index (χ4v) is 3.41. The highest BCUT2D eigenvalue weighted by molar-refractivity contribution is 9.10. The first kappa shape index (κ1) is 18.3. The fourth-order valence-electron chi connectivity index (χ4n) is 1.59. The molecule has 0 aromatic heterocycles. The van der Waals surface area contributed by atoms with Gasteiger partial charge >= 0.3 is 0 Å². The predicted octanol–water partition coefficient (Wildman–Crippen LogP) is 0.874. The van der Waals surface area contributed by atoms with Gasteiger partial charge in [0.2, 0.25) is 10.0 Å². The maximum Gasteiger partial charge on any atom is 0.224 e. The average Bonchev–Trinajstić information content (AvgIpc) is 2.26. The average molecular weight is 344 g/mol. The molecule has 0 heterocycles. The van der Waals surface area contributed by atoms with E-state index in [4.69, 9.17) is 0 Å². The van der Waals surface area contributed by atoms with Crippen molar-refractivity contribution < 1.29 is 8.42 Å². The molecule has 7 heteroatoms. The number of alkyl halides is 1. The molecule has 0 spiro atoms. The van der Waals surface area contributed by atoms with Crippen molar-refractivity contribution in [3.05, 3.63) is 0 Å². The van der Waals surface area contributed by atoms with Gasteiger partial charge in [0, 0.05) is 13.1 Å². The molecule has 0 fully saturated rings. The predicted molar refractivity (Wildman–Crippen MR) is 80.6 cm³/mol. The number of nitrogens with zero attached hydrogens (tertiary/aromatic N) is 3. The van der Waals surface area contributed by atoms with E-state index in [1.54, 1.807) is 4.31 Å². The summed E-state index contributed by atoms with van der Waals surface area (Å²) in [7, 11) is 4.84. The maximum absolute atomic E-state index is 11.9. The molecule has 0 aliphatic rings. The molecule has 0 atom stereocenters. The molecule has 0 aliphatic carbocycles. The summed E-state index contributed by atoms with van der Waals surface area (Å²) in [5, 5.41) is 0. The summed E-state index contributed by atoms with van der Waals surface area (Å²) in [6, 6.07) is 0. The van der Waals surface area contributed by atoms with Gasteiger partial charge in [0.05, 0.1) is 0 Å². The topological polar surface area (TPSA) is 43.9 Å². The summed E-state index contributed by atoms with van der Waals surface area (Å²) in [5.74, 6) is 0. The van der Waals surface area contributed by atoms with E-state index in [2.05, 4.69) is 25.7 Å². The Hall–Kier alpha value is 0.310. The van der Waals surface area contributed by atoms with Crippen LogP contribution >= 0.6 is 15.9 Å². The Morgan fingerprint density at radius 1 is 0.833 bits per heavy atom. The van der Waals surface area contributed by atoms with Gasteiger partial charge in [-0.1, -0.05) is 15.9 Å². The highest BCUT2D eigenvalue weighted by Gasteiger charge is 2.19. The number of rotatable bonds is 10. The van der Waals surface area contributed by atoms with Gasteiger partial charge in [0.15, 0.2) is 0 Å². The highest BCUT2D eigenvalue weighted by atomic mass is 79.9. The van der Waals surface area contributed by atoms with Crippen LogP contribution in [0, 0.1) is 0 Å². The number of hydrogen-bond donors (Lipinski definition) is 0. The van der Waals surface area contributed by atoms with E-state index >= 15 is 0 Å². The van der Waals surface area contributed by atoms with Crippen molar-refractivity contribution in [3.63, 3.8) is 0 Å². The van der Waals surface area contributed by atoms with Gasteiger partial charge in [-0.15, -0.1) is 0 Å². The molecule has 5 nitrogen and oxygen atoms in total. The second-order valence-electron chi connectivity index (χ2n) is 4.93. The summed E-state index contributed by atoms with van der Waals surface area (Å²) >= 11 is 3.06. The van der Waals surface area contributed by atoms with Gasteiger partial charge in [-0.3, -0.25) is 0 Å². The first-order valence-corrected chi connectivity index (χ1v) is 8.86. The van der Waals surface area contributed by atoms with Gasteiger partial charge in [-0.05, 0) is 54.1 Å². The molecule has 0 amide bonds. The molecule has 0 saturated carbocycles. The number of sulfonamides is 1. The normalized spacial score (nSPS) is 12.9. The Morgan fingerprint density at radius 3 is 1.50 bits per heavy atom. The Balaban J connectivity index is 4.26. The van der Waals surface area contributed by atoms with Crippen LogP contribution in [0.2, 0.25) is 0 Å². The second-order valence-corrected chi connectivity index (χ2v) is 8.21. The summed E-state index contributed by atoms with van der Waals surface area (Å²) in [5.41, 5.74) is 0. The van der Waals surface area contributed by atoms with Crippen LogP contribution in [-0.4, -0.2) is 81.6 Å². The monoisotopic (exact) mass is 343 g/mol. The fraction of sp³-hybridized carbons (Fsp3) is 1.00. The summed E-state index contributed by atoms with van der Waals surface area (Å²) in [6.07, 6.45) is 1.72. The summed E-state index contributed by atoms with van der Waals surface area (Å²) in [4.78, 5) is 4.14. The zero-order valence-corrected chi connectivity index (χ0v) is 14.3. The Labute approximate surface area is 120 Å². The molecule has 0 aromatic rings. The van der Waals surface area contributed by atoms with Crippen LogP contribution in [0.5, 0.6) is 0 Å². The second kappa shape index (κ2) is 9.25. The molecule has 0 unspecified atom stereocenters. The lowest BCUT2D eigenvalue weighted by molar-refractivity contribution is 0.327. The molecule has 0 radical (unpaired) electrons. The Bertz CT molecular complexity index is 293. The van der Waals surface area contributed by atoms with Crippen LogP contribution in [0.15, 0.2) is 0 Å². The zero-order chi connectivity index (χ0) is 14.2. The van der Waals surface area contributed by atoms with Crippen LogP contribution in [0.4, 0.5) is 0 Å². The lowest BCUT2D eigenvalue weighted by Crippen LogP contribution is -2.36. The van der Waals surface area contributed by atoms with Crippen molar-refractivity contribution >= 4 is 26.0 Å². The van der Waals surface area contributed by atoms with Gasteiger partial charge in [0.25, 0.3) is 0 Å². The SMILES string of the molecule is CN(C)CCCN(CCCN(C)C)S(=O)(=O)CBr. The van der Waals surface area contributed by atoms with E-state index in [9.17, 15) is 8.42 Å². The smallest absolute Gasteiger partial charge is 0.224 e. The van der Waals surface area contributed by atoms with Crippen LogP contribution in [-0.2, 0) is 10.0 Å². The van der Waals surface area contributed by atoms with Gasteiger partial charge < -0.3 is 9.80 Å². The summed E-state index contributed by atoms with van der Waals surface area (Å²) in [6.45, 7) is 3.00. The van der Waals surface area contributed by atoms with Crippen LogP contribution in [0.25, 0.3) is 0 Å². The minimum Gasteiger partial charge on any atom is -0.309 e. The molecule has 0 N–H and O–H groups in total. The van der Waals surface area contributed by atoms with Gasteiger partial charge in [-0.25, -0.2) is 12.7 Å². The molecule has 0 rings (SSSR count). The highest BCUT2D eigenvalue weighted by Crippen LogP contribution is 2.07. The molecular weight excluding hydrogens is 318 g/mol. The van der Waals surface area contributed by atoms with Gasteiger partial charge in [0.1, 0.15) is 4.66 Å².